The predicted molar refractivity (Wildman–Crippen MR) is 99.2 cm³/mol. The lowest BCUT2D eigenvalue weighted by molar-refractivity contribution is -0.140. The highest BCUT2D eigenvalue weighted by Crippen LogP contribution is 2.26. The molecule has 2 aromatic rings. The summed E-state index contributed by atoms with van der Waals surface area (Å²) in [4.78, 5) is 24.7. The summed E-state index contributed by atoms with van der Waals surface area (Å²) in [5, 5.41) is 11.9. The van der Waals surface area contributed by atoms with Crippen LogP contribution in [-0.2, 0) is 9.53 Å². The Labute approximate surface area is 155 Å². The lowest BCUT2D eigenvalue weighted by Gasteiger charge is -2.13. The van der Waals surface area contributed by atoms with Crippen LogP contribution in [0.15, 0.2) is 53.4 Å². The summed E-state index contributed by atoms with van der Waals surface area (Å²) in [5.74, 6) is -0.623. The summed E-state index contributed by atoms with van der Waals surface area (Å²) in [5.41, 5.74) is 1.15. The maximum absolute atomic E-state index is 12.2. The largest absolute Gasteiger partial charge is 0.468 e. The summed E-state index contributed by atoms with van der Waals surface area (Å²) in [6.07, 6.45) is 0.302. The summed E-state index contributed by atoms with van der Waals surface area (Å²) in [6, 6.07) is 13.7. The van der Waals surface area contributed by atoms with Crippen molar-refractivity contribution in [2.75, 3.05) is 19.0 Å². The number of carbonyl (C=O) groups is 2. The molecular formula is C18H18ClNO4S. The molecule has 2 rings (SSSR count). The Hall–Kier alpha value is -2.02. The number of amides is 1. The molecule has 0 fully saturated rings. The molecule has 2 aromatic carbocycles. The Morgan fingerprint density at radius 1 is 1.16 bits per heavy atom. The first-order valence-electron chi connectivity index (χ1n) is 7.56. The maximum Gasteiger partial charge on any atom is 0.319 e. The molecule has 0 radical (unpaired) electrons. The zero-order valence-corrected chi connectivity index (χ0v) is 15.1. The average molecular weight is 380 g/mol. The van der Waals surface area contributed by atoms with Gasteiger partial charge in [-0.1, -0.05) is 11.6 Å². The van der Waals surface area contributed by atoms with Crippen LogP contribution in [0.5, 0.6) is 0 Å². The van der Waals surface area contributed by atoms with E-state index in [9.17, 15) is 9.59 Å². The quantitative estimate of drug-likeness (QED) is 0.567. The van der Waals surface area contributed by atoms with E-state index in [0.717, 1.165) is 4.90 Å². The molecule has 7 heteroatoms. The number of ether oxygens (including phenoxy) is 1. The minimum absolute atomic E-state index is 0.103. The second-order valence-electron chi connectivity index (χ2n) is 5.13. The van der Waals surface area contributed by atoms with Crippen molar-refractivity contribution in [1.82, 2.24) is 0 Å². The first kappa shape index (κ1) is 19.3. The number of halogens is 1. The Morgan fingerprint density at radius 3 is 2.36 bits per heavy atom. The van der Waals surface area contributed by atoms with Crippen LogP contribution < -0.4 is 5.32 Å². The molecule has 0 bridgehead atoms. The van der Waals surface area contributed by atoms with E-state index in [-0.39, 0.29) is 18.5 Å². The molecule has 5 nitrogen and oxygen atoms in total. The third-order valence-corrected chi connectivity index (χ3v) is 4.86. The SMILES string of the molecule is COC(=O)C(CCO)Sc1ccc(C(=O)Nc2ccc(Cl)cc2)cc1. The zero-order valence-electron chi connectivity index (χ0n) is 13.6. The van der Waals surface area contributed by atoms with E-state index in [1.165, 1.54) is 18.9 Å². The van der Waals surface area contributed by atoms with Gasteiger partial charge in [0.15, 0.2) is 0 Å². The van der Waals surface area contributed by atoms with Gasteiger partial charge in [-0.05, 0) is 55.0 Å². The van der Waals surface area contributed by atoms with Gasteiger partial charge in [-0.25, -0.2) is 0 Å². The van der Waals surface area contributed by atoms with Crippen molar-refractivity contribution < 1.29 is 19.4 Å². The minimum atomic E-state index is -0.483. The number of rotatable bonds is 7. The number of carbonyl (C=O) groups excluding carboxylic acids is 2. The zero-order chi connectivity index (χ0) is 18.2. The fourth-order valence-electron chi connectivity index (χ4n) is 2.06. The van der Waals surface area contributed by atoms with Crippen LogP contribution in [0, 0.1) is 0 Å². The van der Waals surface area contributed by atoms with E-state index in [0.29, 0.717) is 22.7 Å². The second-order valence-corrected chi connectivity index (χ2v) is 6.84. The van der Waals surface area contributed by atoms with Crippen molar-refractivity contribution in [3.05, 3.63) is 59.1 Å². The molecule has 0 aromatic heterocycles. The molecule has 0 saturated heterocycles. The molecule has 0 aliphatic heterocycles. The van der Waals surface area contributed by atoms with Gasteiger partial charge in [-0.2, -0.15) is 0 Å². The number of nitrogens with one attached hydrogen (secondary N) is 1. The highest BCUT2D eigenvalue weighted by molar-refractivity contribution is 8.00. The third-order valence-electron chi connectivity index (χ3n) is 3.35. The average Bonchev–Trinajstić information content (AvgIpc) is 2.63. The van der Waals surface area contributed by atoms with Crippen LogP contribution in [0.25, 0.3) is 0 Å². The summed E-state index contributed by atoms with van der Waals surface area (Å²) < 4.78 is 4.73. The maximum atomic E-state index is 12.2. The topological polar surface area (TPSA) is 75.6 Å². The number of benzene rings is 2. The van der Waals surface area contributed by atoms with E-state index >= 15 is 0 Å². The normalized spacial score (nSPS) is 11.6. The molecule has 1 atom stereocenters. The molecule has 0 heterocycles. The first-order chi connectivity index (χ1) is 12.0. The first-order valence-corrected chi connectivity index (χ1v) is 8.81. The van der Waals surface area contributed by atoms with Crippen molar-refractivity contribution in [2.45, 2.75) is 16.6 Å². The molecule has 132 valence electrons. The van der Waals surface area contributed by atoms with Gasteiger partial charge in [-0.3, -0.25) is 9.59 Å². The van der Waals surface area contributed by atoms with Crippen LogP contribution in [0.2, 0.25) is 5.02 Å². The standard InChI is InChI=1S/C18H18ClNO4S/c1-24-18(23)16(10-11-21)25-15-8-2-12(3-9-15)17(22)20-14-6-4-13(19)5-7-14/h2-9,16,21H,10-11H2,1H3,(H,20,22). The fourth-order valence-corrected chi connectivity index (χ4v) is 3.22. The minimum Gasteiger partial charge on any atom is -0.468 e. The highest BCUT2D eigenvalue weighted by atomic mass is 35.5. The van der Waals surface area contributed by atoms with Crippen LogP contribution in [-0.4, -0.2) is 35.9 Å². The van der Waals surface area contributed by atoms with Gasteiger partial charge in [0, 0.05) is 27.8 Å². The van der Waals surface area contributed by atoms with Gasteiger partial charge >= 0.3 is 5.97 Å². The Morgan fingerprint density at radius 2 is 1.80 bits per heavy atom. The molecule has 0 spiro atoms. The number of anilines is 1. The number of esters is 1. The molecule has 0 saturated carbocycles. The number of hydrogen-bond donors (Lipinski definition) is 2. The van der Waals surface area contributed by atoms with Crippen molar-refractivity contribution in [1.29, 1.82) is 0 Å². The van der Waals surface area contributed by atoms with E-state index in [1.807, 2.05) is 0 Å². The summed E-state index contributed by atoms with van der Waals surface area (Å²) in [7, 11) is 1.32. The summed E-state index contributed by atoms with van der Waals surface area (Å²) >= 11 is 7.11. The number of hydrogen-bond acceptors (Lipinski definition) is 5. The van der Waals surface area contributed by atoms with Gasteiger partial charge in [-0.15, -0.1) is 11.8 Å². The predicted octanol–water partition coefficient (Wildman–Crippen LogP) is 3.61. The molecule has 1 amide bonds. The van der Waals surface area contributed by atoms with Crippen LogP contribution in [0.1, 0.15) is 16.8 Å². The molecular weight excluding hydrogens is 362 g/mol. The number of aliphatic hydroxyl groups excluding tert-OH is 1. The third kappa shape index (κ3) is 5.77. The molecule has 1 unspecified atom stereocenters. The lowest BCUT2D eigenvalue weighted by atomic mass is 10.2. The van der Waals surface area contributed by atoms with Gasteiger partial charge in [0.2, 0.25) is 0 Å². The molecule has 25 heavy (non-hydrogen) atoms. The highest BCUT2D eigenvalue weighted by Gasteiger charge is 2.20. The van der Waals surface area contributed by atoms with Crippen LogP contribution in [0.4, 0.5) is 5.69 Å². The van der Waals surface area contributed by atoms with Gasteiger partial charge in [0.05, 0.1) is 7.11 Å². The molecule has 0 aliphatic rings. The van der Waals surface area contributed by atoms with Crippen molar-refractivity contribution in [3.8, 4) is 0 Å². The van der Waals surface area contributed by atoms with E-state index < -0.39 is 5.25 Å². The number of aliphatic hydroxyl groups is 1. The van der Waals surface area contributed by atoms with Gasteiger partial charge in [0.1, 0.15) is 5.25 Å². The van der Waals surface area contributed by atoms with E-state index in [1.54, 1.807) is 48.5 Å². The van der Waals surface area contributed by atoms with Gasteiger partial charge in [0.25, 0.3) is 5.91 Å². The van der Waals surface area contributed by atoms with Crippen LogP contribution in [0.3, 0.4) is 0 Å². The van der Waals surface area contributed by atoms with Crippen molar-refractivity contribution in [2.24, 2.45) is 0 Å². The second kappa shape index (κ2) is 9.46. The fraction of sp³-hybridized carbons (Fsp3) is 0.222. The number of methoxy groups -OCH3 is 1. The van der Waals surface area contributed by atoms with Crippen molar-refractivity contribution in [3.63, 3.8) is 0 Å². The Kier molecular flexibility index (Phi) is 7.31. The van der Waals surface area contributed by atoms with Crippen LogP contribution >= 0.6 is 23.4 Å². The number of thioether (sulfide) groups is 1. The lowest BCUT2D eigenvalue weighted by Crippen LogP contribution is -2.20. The van der Waals surface area contributed by atoms with Gasteiger partial charge < -0.3 is 15.2 Å². The van der Waals surface area contributed by atoms with E-state index in [2.05, 4.69) is 5.32 Å². The van der Waals surface area contributed by atoms with E-state index in [4.69, 9.17) is 21.4 Å². The molecule has 2 N–H and O–H groups in total. The van der Waals surface area contributed by atoms with Crippen molar-refractivity contribution >= 4 is 40.9 Å². The summed E-state index contributed by atoms with van der Waals surface area (Å²) in [6.45, 7) is -0.103. The smallest absolute Gasteiger partial charge is 0.319 e. The monoisotopic (exact) mass is 379 g/mol. The Bertz CT molecular complexity index is 719. The Balaban J connectivity index is 2.01. The molecule has 0 aliphatic carbocycles.